The van der Waals surface area contributed by atoms with E-state index in [1.54, 1.807) is 12.1 Å². The molecule has 3 heteroatoms. The van der Waals surface area contributed by atoms with Gasteiger partial charge in [0.05, 0.1) is 0 Å². The van der Waals surface area contributed by atoms with Crippen LogP contribution in [0.2, 0.25) is 0 Å². The van der Waals surface area contributed by atoms with Gasteiger partial charge < -0.3 is 5.73 Å². The van der Waals surface area contributed by atoms with Crippen LogP contribution in [0.25, 0.3) is 0 Å². The van der Waals surface area contributed by atoms with E-state index in [0.717, 1.165) is 0 Å². The van der Waals surface area contributed by atoms with Gasteiger partial charge in [0.25, 0.3) is 0 Å². The van der Waals surface area contributed by atoms with E-state index >= 15 is 0 Å². The van der Waals surface area contributed by atoms with Crippen molar-refractivity contribution in [1.29, 1.82) is 0 Å². The number of nitrogens with two attached hydrogens (primary N) is 1. The van der Waals surface area contributed by atoms with Crippen LogP contribution in [0, 0.1) is 0 Å². The van der Waals surface area contributed by atoms with E-state index in [1.165, 1.54) is 20.0 Å². The molecule has 0 fully saturated rings. The topological polar surface area (TPSA) is 38.9 Å². The van der Waals surface area contributed by atoms with Crippen molar-refractivity contribution in [3.8, 4) is 0 Å². The zero-order valence-electron chi connectivity index (χ0n) is 6.63. The minimum Gasteiger partial charge on any atom is -0.384 e. The first-order chi connectivity index (χ1) is 5.00. The number of hydrogen-bond acceptors (Lipinski definition) is 2. The number of rotatable bonds is 1. The highest BCUT2D eigenvalue weighted by Crippen LogP contribution is 2.23. The summed E-state index contributed by atoms with van der Waals surface area (Å²) in [7, 11) is 0. The Morgan fingerprint density at radius 2 is 2.09 bits per heavy atom. The van der Waals surface area contributed by atoms with Crippen LogP contribution >= 0.6 is 0 Å². The monoisotopic (exact) mass is 154 g/mol. The Balaban J connectivity index is 2.99. The van der Waals surface area contributed by atoms with Crippen LogP contribution in [0.1, 0.15) is 19.4 Å². The van der Waals surface area contributed by atoms with Crippen LogP contribution in [0.15, 0.2) is 18.3 Å². The van der Waals surface area contributed by atoms with Crippen molar-refractivity contribution in [2.45, 2.75) is 19.5 Å². The van der Waals surface area contributed by atoms with E-state index in [9.17, 15) is 4.39 Å². The van der Waals surface area contributed by atoms with Gasteiger partial charge in [-0.25, -0.2) is 9.37 Å². The highest BCUT2D eigenvalue weighted by Gasteiger charge is 2.18. The third kappa shape index (κ3) is 1.90. The average molecular weight is 154 g/mol. The molecule has 1 rings (SSSR count). The maximum Gasteiger partial charge on any atom is 0.131 e. The van der Waals surface area contributed by atoms with Gasteiger partial charge in [0.1, 0.15) is 11.5 Å². The molecule has 0 atom stereocenters. The molecule has 0 amide bonds. The Kier molecular flexibility index (Phi) is 1.81. The lowest BCUT2D eigenvalue weighted by Gasteiger charge is -2.13. The van der Waals surface area contributed by atoms with Crippen molar-refractivity contribution in [2.75, 3.05) is 5.73 Å². The molecule has 0 spiro atoms. The quantitative estimate of drug-likeness (QED) is 0.670. The van der Waals surface area contributed by atoms with Gasteiger partial charge in [-0.3, -0.25) is 0 Å². The lowest BCUT2D eigenvalue weighted by atomic mass is 10.0. The van der Waals surface area contributed by atoms with E-state index in [2.05, 4.69) is 4.98 Å². The predicted molar refractivity (Wildman–Crippen MR) is 42.8 cm³/mol. The Labute approximate surface area is 65.3 Å². The third-order valence-electron chi connectivity index (χ3n) is 1.47. The number of aromatic nitrogens is 1. The molecule has 60 valence electrons. The van der Waals surface area contributed by atoms with E-state index in [1.807, 2.05) is 0 Å². The number of nitrogens with zero attached hydrogens (tertiary/aromatic N) is 1. The maximum atomic E-state index is 13.2. The van der Waals surface area contributed by atoms with Crippen LogP contribution < -0.4 is 5.73 Å². The lowest BCUT2D eigenvalue weighted by Crippen LogP contribution is -2.09. The normalized spacial score (nSPS) is 11.5. The van der Waals surface area contributed by atoms with Gasteiger partial charge in [0.2, 0.25) is 0 Å². The summed E-state index contributed by atoms with van der Waals surface area (Å²) in [5.74, 6) is 0.415. The molecule has 11 heavy (non-hydrogen) atoms. The highest BCUT2D eigenvalue weighted by atomic mass is 19.1. The molecule has 1 aromatic heterocycles. The van der Waals surface area contributed by atoms with E-state index < -0.39 is 5.67 Å². The minimum atomic E-state index is -1.33. The third-order valence-corrected chi connectivity index (χ3v) is 1.47. The van der Waals surface area contributed by atoms with Crippen LogP contribution in [0.4, 0.5) is 10.2 Å². The molecule has 0 aromatic carbocycles. The summed E-state index contributed by atoms with van der Waals surface area (Å²) in [5.41, 5.74) is 4.55. The Morgan fingerprint density at radius 1 is 1.45 bits per heavy atom. The molecule has 0 saturated carbocycles. The van der Waals surface area contributed by atoms with E-state index in [0.29, 0.717) is 11.4 Å². The second kappa shape index (κ2) is 2.49. The summed E-state index contributed by atoms with van der Waals surface area (Å²) in [4.78, 5) is 3.78. The zero-order chi connectivity index (χ0) is 8.48. The smallest absolute Gasteiger partial charge is 0.131 e. The number of anilines is 1. The molecule has 0 unspecified atom stereocenters. The van der Waals surface area contributed by atoms with Crippen LogP contribution in [-0.4, -0.2) is 4.98 Å². The number of alkyl halides is 1. The van der Waals surface area contributed by atoms with Crippen LogP contribution in [0.3, 0.4) is 0 Å². The summed E-state index contributed by atoms with van der Waals surface area (Å²) < 4.78 is 13.2. The van der Waals surface area contributed by atoms with Crippen molar-refractivity contribution in [3.05, 3.63) is 23.9 Å². The Morgan fingerprint density at radius 3 is 2.45 bits per heavy atom. The second-order valence-corrected chi connectivity index (χ2v) is 2.94. The van der Waals surface area contributed by atoms with Crippen molar-refractivity contribution >= 4 is 5.82 Å². The average Bonchev–Trinajstić information content (AvgIpc) is 1.86. The molecular formula is C8H11FN2. The van der Waals surface area contributed by atoms with E-state index in [4.69, 9.17) is 5.73 Å². The molecule has 1 heterocycles. The van der Waals surface area contributed by atoms with Gasteiger partial charge in [-0.2, -0.15) is 0 Å². The molecule has 0 aliphatic heterocycles. The number of pyridine rings is 1. The lowest BCUT2D eigenvalue weighted by molar-refractivity contribution is 0.221. The van der Waals surface area contributed by atoms with Gasteiger partial charge in [-0.1, -0.05) is 6.07 Å². The number of nitrogen functional groups attached to an aromatic ring is 1. The molecule has 2 nitrogen and oxygen atoms in total. The molecule has 0 saturated heterocycles. The first-order valence-electron chi connectivity index (χ1n) is 3.41. The van der Waals surface area contributed by atoms with Gasteiger partial charge in [-0.15, -0.1) is 0 Å². The fourth-order valence-electron chi connectivity index (χ4n) is 0.757. The van der Waals surface area contributed by atoms with Crippen LogP contribution in [0.5, 0.6) is 0 Å². The van der Waals surface area contributed by atoms with Crippen molar-refractivity contribution in [1.82, 2.24) is 4.98 Å². The Hall–Kier alpha value is -1.12. The first kappa shape index (κ1) is 7.98. The predicted octanol–water partition coefficient (Wildman–Crippen LogP) is 1.87. The summed E-state index contributed by atoms with van der Waals surface area (Å²) >= 11 is 0. The molecule has 0 aliphatic carbocycles. The second-order valence-electron chi connectivity index (χ2n) is 2.94. The van der Waals surface area contributed by atoms with Crippen molar-refractivity contribution < 1.29 is 4.39 Å². The Bertz CT molecular complexity index is 235. The fraction of sp³-hybridized carbons (Fsp3) is 0.375. The van der Waals surface area contributed by atoms with Crippen molar-refractivity contribution in [2.24, 2.45) is 0 Å². The minimum absolute atomic E-state index is 0.415. The summed E-state index contributed by atoms with van der Waals surface area (Å²) in [6, 6.07) is 3.24. The first-order valence-corrected chi connectivity index (χ1v) is 3.41. The fourth-order valence-corrected chi connectivity index (χ4v) is 0.757. The summed E-state index contributed by atoms with van der Waals surface area (Å²) in [6.45, 7) is 2.97. The molecule has 2 N–H and O–H groups in total. The molecule has 0 radical (unpaired) electrons. The number of halogens is 1. The summed E-state index contributed by atoms with van der Waals surface area (Å²) in [6.07, 6.45) is 1.45. The maximum absolute atomic E-state index is 13.2. The van der Waals surface area contributed by atoms with Crippen molar-refractivity contribution in [3.63, 3.8) is 0 Å². The van der Waals surface area contributed by atoms with Crippen LogP contribution in [-0.2, 0) is 5.67 Å². The molecular weight excluding hydrogens is 143 g/mol. The van der Waals surface area contributed by atoms with Gasteiger partial charge in [0.15, 0.2) is 0 Å². The largest absolute Gasteiger partial charge is 0.384 e. The van der Waals surface area contributed by atoms with Gasteiger partial charge in [-0.05, 0) is 19.9 Å². The zero-order valence-corrected chi connectivity index (χ0v) is 6.63. The molecule has 0 bridgehead atoms. The van der Waals surface area contributed by atoms with Gasteiger partial charge >= 0.3 is 0 Å². The number of hydrogen-bond donors (Lipinski definition) is 1. The molecule has 1 aromatic rings. The SMILES string of the molecule is CC(C)(F)c1ccc(N)nc1. The summed E-state index contributed by atoms with van der Waals surface area (Å²) in [5, 5.41) is 0. The highest BCUT2D eigenvalue weighted by molar-refractivity contribution is 5.31. The standard InChI is InChI=1S/C8H11FN2/c1-8(2,9)6-3-4-7(10)11-5-6/h3-5H,1-2H3,(H2,10,11). The molecule has 0 aliphatic rings. The van der Waals surface area contributed by atoms with E-state index in [-0.39, 0.29) is 0 Å². The van der Waals surface area contributed by atoms with Gasteiger partial charge in [0, 0.05) is 11.8 Å².